The van der Waals surface area contributed by atoms with E-state index in [4.69, 9.17) is 11.5 Å². The Kier molecular flexibility index (Phi) is 5.71. The Morgan fingerprint density at radius 1 is 1.00 bits per heavy atom. The zero-order chi connectivity index (χ0) is 16.0. The number of hydrogen-bond acceptors (Lipinski definition) is 8. The molecule has 2 rings (SSSR count). The third-order valence-corrected chi connectivity index (χ3v) is 2.95. The molecule has 0 radical (unpaired) electrons. The number of pyridine rings is 2. The van der Waals surface area contributed by atoms with Crippen molar-refractivity contribution < 1.29 is 9.85 Å². The molecule has 21 heavy (non-hydrogen) atoms. The molecule has 0 aliphatic carbocycles. The van der Waals surface area contributed by atoms with Gasteiger partial charge in [0.25, 0.3) is 0 Å². The number of halogens is 1. The monoisotopic (exact) mass is 404 g/mol. The average molecular weight is 404 g/mol. The number of nitrogens with zero attached hydrogens (tertiary/aromatic N) is 4. The summed E-state index contributed by atoms with van der Waals surface area (Å²) in [6, 6.07) is 4.02. The summed E-state index contributed by atoms with van der Waals surface area (Å²) in [5.74, 6) is -0.363. The summed E-state index contributed by atoms with van der Waals surface area (Å²) < 4.78 is 0.643. The molecule has 0 aliphatic heterocycles. The maximum absolute atomic E-state index is 10.2. The van der Waals surface area contributed by atoms with Gasteiger partial charge in [-0.2, -0.15) is 0 Å². The highest BCUT2D eigenvalue weighted by Gasteiger charge is 2.08. The molecule has 0 saturated heterocycles. The van der Waals surface area contributed by atoms with Crippen LogP contribution < -0.4 is 11.5 Å². The smallest absolute Gasteiger partial charge is 0.364 e. The van der Waals surface area contributed by atoms with Gasteiger partial charge in [-0.1, -0.05) is 0 Å². The van der Waals surface area contributed by atoms with Crippen molar-refractivity contribution in [3.63, 3.8) is 0 Å². The molecule has 0 unspecified atom stereocenters. The first kappa shape index (κ1) is 16.5. The molecule has 0 amide bonds. The minimum Gasteiger partial charge on any atom is -0.396 e. The van der Waals surface area contributed by atoms with Crippen LogP contribution in [0.15, 0.2) is 30.6 Å². The summed E-state index contributed by atoms with van der Waals surface area (Å²) in [7, 11) is 0. The second-order valence-electron chi connectivity index (χ2n) is 3.53. The maximum atomic E-state index is 10.2. The fourth-order valence-corrected chi connectivity index (χ4v) is 1.45. The summed E-state index contributed by atoms with van der Waals surface area (Å²) in [4.78, 5) is 26.0. The molecule has 11 heteroatoms. The number of hydrogen-bond donors (Lipinski definition) is 2. The van der Waals surface area contributed by atoms with Gasteiger partial charge in [0, 0.05) is 9.64 Å². The molecule has 2 heterocycles. The molecule has 0 bridgehead atoms. The van der Waals surface area contributed by atoms with Crippen LogP contribution in [0.4, 0.5) is 23.0 Å². The van der Waals surface area contributed by atoms with E-state index in [1.54, 1.807) is 0 Å². The molecule has 0 atom stereocenters. The van der Waals surface area contributed by atoms with E-state index >= 15 is 0 Å². The molecular formula is C10H9IN6O4. The van der Waals surface area contributed by atoms with Crippen molar-refractivity contribution in [1.29, 1.82) is 0 Å². The highest BCUT2D eigenvalue weighted by molar-refractivity contribution is 14.1. The molecule has 0 aliphatic rings. The number of anilines is 2. The maximum Gasteiger partial charge on any atom is 0.364 e. The second kappa shape index (κ2) is 7.28. The molecule has 2 aromatic heterocycles. The predicted octanol–water partition coefficient (Wildman–Crippen LogP) is 1.75. The van der Waals surface area contributed by atoms with E-state index in [2.05, 4.69) is 9.97 Å². The van der Waals surface area contributed by atoms with Crippen LogP contribution in [-0.4, -0.2) is 19.8 Å². The third-order valence-electron chi connectivity index (χ3n) is 2.01. The molecule has 2 aromatic rings. The Hall–Kier alpha value is -2.57. The van der Waals surface area contributed by atoms with Crippen molar-refractivity contribution in [1.82, 2.24) is 9.97 Å². The van der Waals surface area contributed by atoms with Gasteiger partial charge in [-0.15, -0.1) is 0 Å². The summed E-state index contributed by atoms with van der Waals surface area (Å²) in [6.07, 6.45) is 2.53. The summed E-state index contributed by atoms with van der Waals surface area (Å²) in [6.45, 7) is 0. The Morgan fingerprint density at radius 3 is 2.00 bits per heavy atom. The number of aromatic nitrogens is 2. The van der Waals surface area contributed by atoms with Crippen LogP contribution in [0.2, 0.25) is 0 Å². The number of nitrogens with two attached hydrogens (primary N) is 2. The number of rotatable bonds is 2. The van der Waals surface area contributed by atoms with Gasteiger partial charge < -0.3 is 31.7 Å². The molecule has 4 N–H and O–H groups in total. The van der Waals surface area contributed by atoms with Crippen molar-refractivity contribution in [2.24, 2.45) is 0 Å². The van der Waals surface area contributed by atoms with E-state index in [9.17, 15) is 20.2 Å². The first-order chi connectivity index (χ1) is 9.81. The highest BCUT2D eigenvalue weighted by Crippen LogP contribution is 2.17. The normalized spacial score (nSPS) is 9.38. The van der Waals surface area contributed by atoms with E-state index in [1.807, 2.05) is 22.6 Å². The average Bonchev–Trinajstić information content (AvgIpc) is 2.43. The number of nitro groups is 2. The van der Waals surface area contributed by atoms with Gasteiger partial charge in [0.1, 0.15) is 0 Å². The zero-order valence-electron chi connectivity index (χ0n) is 10.3. The molecule has 10 nitrogen and oxygen atoms in total. The van der Waals surface area contributed by atoms with Crippen molar-refractivity contribution in [3.05, 3.63) is 54.4 Å². The number of nitrogen functional groups attached to an aromatic ring is 2. The Balaban J connectivity index is 0.000000211. The lowest BCUT2D eigenvalue weighted by Gasteiger charge is -1.94. The van der Waals surface area contributed by atoms with Crippen LogP contribution in [0.5, 0.6) is 0 Å². The molecule has 110 valence electrons. The Bertz CT molecular complexity index is 663. The van der Waals surface area contributed by atoms with Gasteiger partial charge in [-0.3, -0.25) is 0 Å². The van der Waals surface area contributed by atoms with Gasteiger partial charge >= 0.3 is 11.6 Å². The quantitative estimate of drug-likeness (QED) is 0.434. The molecule has 0 saturated carbocycles. The molecule has 0 spiro atoms. The van der Waals surface area contributed by atoms with Gasteiger partial charge in [-0.05, 0) is 48.5 Å². The van der Waals surface area contributed by atoms with Crippen molar-refractivity contribution in [2.45, 2.75) is 0 Å². The zero-order valence-corrected chi connectivity index (χ0v) is 12.5. The Labute approximate surface area is 131 Å². The highest BCUT2D eigenvalue weighted by atomic mass is 127. The SMILES string of the molecule is Nc1ccc([N+](=O)[O-])nc1.Nc1cnc([N+](=O)[O-])cc1I. The Morgan fingerprint density at radius 2 is 1.57 bits per heavy atom. The fraction of sp³-hybridized carbons (Fsp3) is 0. The fourth-order valence-electron chi connectivity index (χ4n) is 1.04. The molecular weight excluding hydrogens is 395 g/mol. The summed E-state index contributed by atoms with van der Waals surface area (Å²) in [5, 5.41) is 20.2. The van der Waals surface area contributed by atoms with Crippen molar-refractivity contribution >= 4 is 45.6 Å². The van der Waals surface area contributed by atoms with Gasteiger partial charge in [0.2, 0.25) is 0 Å². The first-order valence-corrected chi connectivity index (χ1v) is 6.30. The molecule has 0 aromatic carbocycles. The topological polar surface area (TPSA) is 164 Å². The van der Waals surface area contributed by atoms with E-state index in [1.165, 1.54) is 30.6 Å². The van der Waals surface area contributed by atoms with Crippen LogP contribution in [0.3, 0.4) is 0 Å². The van der Waals surface area contributed by atoms with Gasteiger partial charge in [0.05, 0.1) is 17.4 Å². The second-order valence-corrected chi connectivity index (χ2v) is 4.69. The van der Waals surface area contributed by atoms with E-state index < -0.39 is 9.85 Å². The van der Waals surface area contributed by atoms with E-state index in [-0.39, 0.29) is 11.6 Å². The predicted molar refractivity (Wildman–Crippen MR) is 83.3 cm³/mol. The van der Waals surface area contributed by atoms with Crippen LogP contribution in [0.1, 0.15) is 0 Å². The lowest BCUT2D eigenvalue weighted by Crippen LogP contribution is -1.95. The van der Waals surface area contributed by atoms with Crippen LogP contribution in [-0.2, 0) is 0 Å². The van der Waals surface area contributed by atoms with Gasteiger partial charge in [0.15, 0.2) is 12.4 Å². The van der Waals surface area contributed by atoms with Crippen molar-refractivity contribution in [3.8, 4) is 0 Å². The van der Waals surface area contributed by atoms with Crippen molar-refractivity contribution in [2.75, 3.05) is 11.5 Å². The van der Waals surface area contributed by atoms with E-state index in [0.717, 1.165) is 0 Å². The lowest BCUT2D eigenvalue weighted by molar-refractivity contribution is -0.389. The third kappa shape index (κ3) is 5.13. The first-order valence-electron chi connectivity index (χ1n) is 5.22. The van der Waals surface area contributed by atoms with Gasteiger partial charge in [-0.25, -0.2) is 0 Å². The van der Waals surface area contributed by atoms with Crippen LogP contribution in [0, 0.1) is 23.8 Å². The summed E-state index contributed by atoms with van der Waals surface area (Å²) >= 11 is 1.91. The molecule has 0 fully saturated rings. The van der Waals surface area contributed by atoms with E-state index in [0.29, 0.717) is 14.9 Å². The lowest BCUT2D eigenvalue weighted by atomic mass is 10.4. The van der Waals surface area contributed by atoms with Crippen LogP contribution >= 0.6 is 22.6 Å². The minimum atomic E-state index is -0.570. The standard InChI is InChI=1S/C5H4IN3O2.C5H5N3O2/c6-3-1-5(9(10)11)8-2-4(3)7;6-4-1-2-5(7-3-4)8(9)10/h1-2H,7H2;1-3H,6H2. The minimum absolute atomic E-state index is 0.177. The largest absolute Gasteiger partial charge is 0.396 e. The summed E-state index contributed by atoms with van der Waals surface area (Å²) in [5.41, 5.74) is 11.5. The van der Waals surface area contributed by atoms with Crippen LogP contribution in [0.25, 0.3) is 0 Å².